The molecule has 0 radical (unpaired) electrons. The van der Waals surface area contributed by atoms with Gasteiger partial charge in [0, 0.05) is 17.5 Å². The zero-order valence-electron chi connectivity index (χ0n) is 12.7. The van der Waals surface area contributed by atoms with E-state index in [1.807, 2.05) is 24.3 Å². The number of aromatic nitrogens is 1. The molecule has 2 aliphatic rings. The van der Waals surface area contributed by atoms with Gasteiger partial charge in [0.15, 0.2) is 0 Å². The van der Waals surface area contributed by atoms with Crippen molar-refractivity contribution in [3.05, 3.63) is 41.1 Å². The maximum absolute atomic E-state index is 12.8. The first-order valence-corrected chi connectivity index (χ1v) is 8.02. The molecule has 0 amide bonds. The van der Waals surface area contributed by atoms with Gasteiger partial charge >= 0.3 is 11.9 Å². The van der Waals surface area contributed by atoms with Crippen LogP contribution in [0, 0.1) is 0 Å². The first-order valence-electron chi connectivity index (χ1n) is 8.02. The number of fused-ring (bicyclic) bond motifs is 2. The van der Waals surface area contributed by atoms with Gasteiger partial charge < -0.3 is 9.47 Å². The van der Waals surface area contributed by atoms with Gasteiger partial charge in [-0.3, -0.25) is 4.98 Å². The van der Waals surface area contributed by atoms with Crippen LogP contribution in [0.25, 0.3) is 10.9 Å². The van der Waals surface area contributed by atoms with E-state index in [0.29, 0.717) is 18.6 Å². The summed E-state index contributed by atoms with van der Waals surface area (Å²) >= 11 is 0. The molecule has 2 heterocycles. The van der Waals surface area contributed by atoms with Crippen molar-refractivity contribution >= 4 is 22.8 Å². The lowest BCUT2D eigenvalue weighted by Gasteiger charge is -2.20. The second-order valence-electron chi connectivity index (χ2n) is 5.99. The van der Waals surface area contributed by atoms with Crippen LogP contribution in [0.15, 0.2) is 24.3 Å². The van der Waals surface area contributed by atoms with Crippen LogP contribution in [-0.4, -0.2) is 29.6 Å². The van der Waals surface area contributed by atoms with Gasteiger partial charge in [-0.1, -0.05) is 18.2 Å². The molecule has 1 unspecified atom stereocenters. The van der Waals surface area contributed by atoms with Crippen molar-refractivity contribution in [1.82, 2.24) is 4.98 Å². The molecule has 1 atom stereocenters. The number of para-hydroxylation sites is 1. The minimum absolute atomic E-state index is 0.311. The summed E-state index contributed by atoms with van der Waals surface area (Å²) in [5.74, 6) is -0.892. The Morgan fingerprint density at radius 2 is 2.04 bits per heavy atom. The van der Waals surface area contributed by atoms with Crippen LogP contribution in [0.3, 0.4) is 0 Å². The Bertz CT molecular complexity index is 799. The molecule has 5 nitrogen and oxygen atoms in total. The second kappa shape index (κ2) is 5.65. The monoisotopic (exact) mass is 311 g/mol. The SMILES string of the molecule is O=C(OC1CCOC1=O)c1c2c(nc3ccccc13)CCCC2. The van der Waals surface area contributed by atoms with Gasteiger partial charge in [0.1, 0.15) is 0 Å². The van der Waals surface area contributed by atoms with Gasteiger partial charge in [0.2, 0.25) is 6.10 Å². The van der Waals surface area contributed by atoms with E-state index in [-0.39, 0.29) is 0 Å². The molecule has 23 heavy (non-hydrogen) atoms. The molecule has 1 aromatic heterocycles. The fourth-order valence-electron chi connectivity index (χ4n) is 3.38. The lowest BCUT2D eigenvalue weighted by atomic mass is 9.90. The van der Waals surface area contributed by atoms with Crippen LogP contribution in [0.2, 0.25) is 0 Å². The molecule has 0 spiro atoms. The van der Waals surface area contributed by atoms with Crippen LogP contribution in [0.5, 0.6) is 0 Å². The lowest BCUT2D eigenvalue weighted by Crippen LogP contribution is -2.24. The number of nitrogens with zero attached hydrogens (tertiary/aromatic N) is 1. The molecule has 2 aromatic rings. The van der Waals surface area contributed by atoms with Gasteiger partial charge in [0.05, 0.1) is 17.7 Å². The van der Waals surface area contributed by atoms with Crippen molar-refractivity contribution in [2.75, 3.05) is 6.61 Å². The highest BCUT2D eigenvalue weighted by Crippen LogP contribution is 2.30. The number of carbonyl (C=O) groups excluding carboxylic acids is 2. The second-order valence-corrected chi connectivity index (χ2v) is 5.99. The molecule has 1 saturated heterocycles. The summed E-state index contributed by atoms with van der Waals surface area (Å²) in [5, 5.41) is 0.796. The third-order valence-electron chi connectivity index (χ3n) is 4.51. The van der Waals surface area contributed by atoms with Crippen LogP contribution < -0.4 is 0 Å². The van der Waals surface area contributed by atoms with Crippen LogP contribution in [0.1, 0.15) is 40.9 Å². The third-order valence-corrected chi connectivity index (χ3v) is 4.51. The smallest absolute Gasteiger partial charge is 0.347 e. The molecule has 118 valence electrons. The molecular formula is C18H17NO4. The summed E-state index contributed by atoms with van der Waals surface area (Å²) in [6, 6.07) is 7.60. The average molecular weight is 311 g/mol. The fraction of sp³-hybridized carbons (Fsp3) is 0.389. The van der Waals surface area contributed by atoms with Gasteiger partial charge in [-0.2, -0.15) is 0 Å². The predicted molar refractivity (Wildman–Crippen MR) is 83.2 cm³/mol. The minimum atomic E-state index is -0.784. The molecular weight excluding hydrogens is 294 g/mol. The first-order chi connectivity index (χ1) is 11.2. The zero-order valence-corrected chi connectivity index (χ0v) is 12.7. The molecule has 1 fully saturated rings. The maximum Gasteiger partial charge on any atom is 0.347 e. The summed E-state index contributed by atoms with van der Waals surface area (Å²) in [5.41, 5.74) is 3.33. The number of cyclic esters (lactones) is 1. The number of esters is 2. The van der Waals surface area contributed by atoms with Crippen molar-refractivity contribution in [1.29, 1.82) is 0 Å². The molecule has 1 aromatic carbocycles. The number of aryl methyl sites for hydroxylation is 1. The molecule has 5 heteroatoms. The van der Waals surface area contributed by atoms with E-state index in [0.717, 1.165) is 47.8 Å². The largest absolute Gasteiger partial charge is 0.463 e. The van der Waals surface area contributed by atoms with Gasteiger partial charge in [-0.25, -0.2) is 9.59 Å². The summed E-state index contributed by atoms with van der Waals surface area (Å²) < 4.78 is 10.3. The predicted octanol–water partition coefficient (Wildman–Crippen LogP) is 2.59. The Kier molecular flexibility index (Phi) is 3.48. The fourth-order valence-corrected chi connectivity index (χ4v) is 3.38. The number of carbonyl (C=O) groups is 2. The highest BCUT2D eigenvalue weighted by Gasteiger charge is 2.32. The number of hydrogen-bond acceptors (Lipinski definition) is 5. The molecule has 0 saturated carbocycles. The molecule has 4 rings (SSSR count). The minimum Gasteiger partial charge on any atom is -0.463 e. The summed E-state index contributed by atoms with van der Waals surface area (Å²) in [4.78, 5) is 29.1. The van der Waals surface area contributed by atoms with Crippen LogP contribution in [-0.2, 0) is 27.1 Å². The number of rotatable bonds is 2. The summed E-state index contributed by atoms with van der Waals surface area (Å²) in [6.45, 7) is 0.311. The quantitative estimate of drug-likeness (QED) is 0.798. The Morgan fingerprint density at radius 1 is 1.22 bits per heavy atom. The van der Waals surface area contributed by atoms with Crippen molar-refractivity contribution in [2.45, 2.75) is 38.2 Å². The third kappa shape index (κ3) is 2.46. The van der Waals surface area contributed by atoms with Crippen LogP contribution >= 0.6 is 0 Å². The van der Waals surface area contributed by atoms with Crippen molar-refractivity contribution in [3.63, 3.8) is 0 Å². The lowest BCUT2D eigenvalue weighted by molar-refractivity contribution is -0.145. The van der Waals surface area contributed by atoms with E-state index in [2.05, 4.69) is 0 Å². The number of hydrogen-bond donors (Lipinski definition) is 0. The summed E-state index contributed by atoms with van der Waals surface area (Å²) in [6.07, 6.45) is 3.48. The van der Waals surface area contributed by atoms with Crippen molar-refractivity contribution in [3.8, 4) is 0 Å². The Labute approximate surface area is 133 Å². The van der Waals surface area contributed by atoms with Gasteiger partial charge in [0.25, 0.3) is 0 Å². The Balaban J connectivity index is 1.80. The van der Waals surface area contributed by atoms with E-state index in [4.69, 9.17) is 14.5 Å². The summed E-state index contributed by atoms with van der Waals surface area (Å²) in [7, 11) is 0. The zero-order chi connectivity index (χ0) is 15.8. The highest BCUT2D eigenvalue weighted by atomic mass is 16.6. The number of benzene rings is 1. The van der Waals surface area contributed by atoms with Crippen LogP contribution in [0.4, 0.5) is 0 Å². The average Bonchev–Trinajstić information content (AvgIpc) is 2.97. The van der Waals surface area contributed by atoms with Crippen molar-refractivity contribution in [2.24, 2.45) is 0 Å². The molecule has 0 N–H and O–H groups in total. The normalized spacial score (nSPS) is 20.2. The number of ether oxygens (including phenoxy) is 2. The van der Waals surface area contributed by atoms with E-state index < -0.39 is 18.0 Å². The van der Waals surface area contributed by atoms with E-state index >= 15 is 0 Å². The van der Waals surface area contributed by atoms with E-state index in [1.54, 1.807) is 0 Å². The molecule has 1 aliphatic carbocycles. The van der Waals surface area contributed by atoms with Gasteiger partial charge in [-0.05, 0) is 37.3 Å². The van der Waals surface area contributed by atoms with E-state index in [9.17, 15) is 9.59 Å². The number of pyridine rings is 1. The molecule has 0 bridgehead atoms. The first kappa shape index (κ1) is 14.2. The van der Waals surface area contributed by atoms with Gasteiger partial charge in [-0.15, -0.1) is 0 Å². The maximum atomic E-state index is 12.8. The topological polar surface area (TPSA) is 65.5 Å². The Hall–Kier alpha value is -2.43. The van der Waals surface area contributed by atoms with E-state index in [1.165, 1.54) is 0 Å². The van der Waals surface area contributed by atoms with Crippen molar-refractivity contribution < 1.29 is 19.1 Å². The highest BCUT2D eigenvalue weighted by molar-refractivity contribution is 6.05. The molecule has 1 aliphatic heterocycles. The Morgan fingerprint density at radius 3 is 2.87 bits per heavy atom. The standard InChI is InChI=1S/C18H17NO4/c20-17-15(9-10-22-17)23-18(21)16-11-5-1-3-7-13(11)19-14-8-4-2-6-12(14)16/h1,3,5,7,15H,2,4,6,8-10H2.